The van der Waals surface area contributed by atoms with Crippen molar-refractivity contribution in [3.8, 4) is 5.75 Å². The zero-order chi connectivity index (χ0) is 15.9. The number of hydrogen-bond donors (Lipinski definition) is 2. The van der Waals surface area contributed by atoms with E-state index < -0.39 is 11.8 Å². The number of halogens is 2. The Balaban J connectivity index is 1.42. The Morgan fingerprint density at radius 2 is 2.05 bits per heavy atom. The second-order valence-corrected chi connectivity index (χ2v) is 6.20. The third-order valence-electron chi connectivity index (χ3n) is 4.36. The van der Waals surface area contributed by atoms with E-state index in [0.717, 1.165) is 6.07 Å². The van der Waals surface area contributed by atoms with Gasteiger partial charge >= 0.3 is 5.97 Å². The summed E-state index contributed by atoms with van der Waals surface area (Å²) in [5.41, 5.74) is 0. The molecule has 1 aromatic carbocycles. The Kier molecular flexibility index (Phi) is 3.95. The lowest BCUT2D eigenvalue weighted by molar-refractivity contribution is -0.139. The van der Waals surface area contributed by atoms with Crippen LogP contribution in [-0.2, 0) is 9.59 Å². The van der Waals surface area contributed by atoms with Crippen LogP contribution in [0.1, 0.15) is 12.8 Å². The van der Waals surface area contributed by atoms with Crippen LogP contribution in [0.15, 0.2) is 18.2 Å². The standard InChI is InChI=1S/C15H15ClFNO4/c16-11-2-1-8(5-12(11)17)22-6-13(19)18-7-3-9-10(4-7)14(9)15(20)21/h1-2,5,7,9-10,14H,3-4,6H2,(H,18,19)(H,20,21). The van der Waals surface area contributed by atoms with E-state index in [0.29, 0.717) is 12.8 Å². The summed E-state index contributed by atoms with van der Waals surface area (Å²) in [5.74, 6) is -1.27. The third kappa shape index (κ3) is 3.02. The van der Waals surface area contributed by atoms with Gasteiger partial charge in [0.25, 0.3) is 5.91 Å². The maximum atomic E-state index is 13.2. The van der Waals surface area contributed by atoms with Gasteiger partial charge in [-0.2, -0.15) is 0 Å². The molecule has 2 atom stereocenters. The van der Waals surface area contributed by atoms with Crippen molar-refractivity contribution in [1.82, 2.24) is 5.32 Å². The van der Waals surface area contributed by atoms with Gasteiger partial charge in [0.15, 0.2) is 6.61 Å². The molecule has 0 aromatic heterocycles. The van der Waals surface area contributed by atoms with E-state index in [1.165, 1.54) is 12.1 Å². The van der Waals surface area contributed by atoms with Crippen molar-refractivity contribution >= 4 is 23.5 Å². The average molecular weight is 328 g/mol. The highest BCUT2D eigenvalue weighted by molar-refractivity contribution is 6.30. The van der Waals surface area contributed by atoms with E-state index in [4.69, 9.17) is 21.4 Å². The average Bonchev–Trinajstić information content (AvgIpc) is 2.98. The highest BCUT2D eigenvalue weighted by Crippen LogP contribution is 2.57. The van der Waals surface area contributed by atoms with Gasteiger partial charge in [-0.05, 0) is 36.8 Å². The maximum absolute atomic E-state index is 13.2. The summed E-state index contributed by atoms with van der Waals surface area (Å²) in [4.78, 5) is 22.7. The van der Waals surface area contributed by atoms with Gasteiger partial charge in [0.05, 0.1) is 10.9 Å². The molecule has 1 aromatic rings. The van der Waals surface area contributed by atoms with Crippen LogP contribution in [0.3, 0.4) is 0 Å². The number of aliphatic carboxylic acids is 1. The molecule has 0 bridgehead atoms. The topological polar surface area (TPSA) is 75.6 Å². The van der Waals surface area contributed by atoms with Crippen LogP contribution in [0, 0.1) is 23.6 Å². The van der Waals surface area contributed by atoms with E-state index in [1.54, 1.807) is 0 Å². The molecule has 2 saturated carbocycles. The first-order chi connectivity index (χ1) is 10.5. The van der Waals surface area contributed by atoms with Gasteiger partial charge in [-0.3, -0.25) is 9.59 Å². The first kappa shape index (κ1) is 15.1. The summed E-state index contributed by atoms with van der Waals surface area (Å²) in [7, 11) is 0. The SMILES string of the molecule is O=C(COc1ccc(Cl)c(F)c1)NC1CC2C(C1)C2C(=O)O. The molecule has 3 rings (SSSR count). The first-order valence-electron chi connectivity index (χ1n) is 7.05. The molecule has 22 heavy (non-hydrogen) atoms. The zero-order valence-electron chi connectivity index (χ0n) is 11.6. The molecular formula is C15H15ClFNO4. The van der Waals surface area contributed by atoms with Crippen LogP contribution in [0.25, 0.3) is 0 Å². The summed E-state index contributed by atoms with van der Waals surface area (Å²) < 4.78 is 18.4. The highest BCUT2D eigenvalue weighted by atomic mass is 35.5. The fourth-order valence-corrected chi connectivity index (χ4v) is 3.43. The monoisotopic (exact) mass is 327 g/mol. The predicted octanol–water partition coefficient (Wildman–Crippen LogP) is 2.08. The number of carboxylic acid groups (broad SMARTS) is 1. The molecular weight excluding hydrogens is 313 g/mol. The Labute approximate surface area is 131 Å². The van der Waals surface area contributed by atoms with Crippen molar-refractivity contribution in [1.29, 1.82) is 0 Å². The second kappa shape index (κ2) is 5.76. The number of benzene rings is 1. The summed E-state index contributed by atoms with van der Waals surface area (Å²) >= 11 is 5.56. The molecule has 0 heterocycles. The van der Waals surface area contributed by atoms with Crippen molar-refractivity contribution in [2.45, 2.75) is 18.9 Å². The highest BCUT2D eigenvalue weighted by Gasteiger charge is 2.60. The minimum absolute atomic E-state index is 0.00338. The number of amides is 1. The Morgan fingerprint density at radius 3 is 2.64 bits per heavy atom. The largest absolute Gasteiger partial charge is 0.484 e. The zero-order valence-corrected chi connectivity index (χ0v) is 12.3. The number of carbonyl (C=O) groups is 2. The van der Waals surface area contributed by atoms with Crippen LogP contribution < -0.4 is 10.1 Å². The van der Waals surface area contributed by atoms with E-state index >= 15 is 0 Å². The van der Waals surface area contributed by atoms with E-state index in [1.807, 2.05) is 0 Å². The number of carboxylic acids is 1. The minimum atomic E-state index is -0.743. The van der Waals surface area contributed by atoms with Crippen molar-refractivity contribution in [3.63, 3.8) is 0 Å². The lowest BCUT2D eigenvalue weighted by atomic mass is 10.1. The predicted molar refractivity (Wildman–Crippen MR) is 76.2 cm³/mol. The van der Waals surface area contributed by atoms with Crippen molar-refractivity contribution in [2.75, 3.05) is 6.61 Å². The van der Waals surface area contributed by atoms with Gasteiger partial charge in [0, 0.05) is 12.1 Å². The first-order valence-corrected chi connectivity index (χ1v) is 7.43. The molecule has 0 spiro atoms. The molecule has 2 aliphatic rings. The lowest BCUT2D eigenvalue weighted by Crippen LogP contribution is -2.37. The second-order valence-electron chi connectivity index (χ2n) is 5.79. The molecule has 2 N–H and O–H groups in total. The number of hydrogen-bond acceptors (Lipinski definition) is 3. The van der Waals surface area contributed by atoms with Gasteiger partial charge < -0.3 is 15.2 Å². The van der Waals surface area contributed by atoms with Gasteiger partial charge in [0.2, 0.25) is 0 Å². The number of nitrogens with one attached hydrogen (secondary N) is 1. The van der Waals surface area contributed by atoms with Gasteiger partial charge in [-0.25, -0.2) is 4.39 Å². The molecule has 2 aliphatic carbocycles. The Morgan fingerprint density at radius 1 is 1.36 bits per heavy atom. The molecule has 0 aliphatic heterocycles. The van der Waals surface area contributed by atoms with Crippen molar-refractivity contribution in [2.24, 2.45) is 17.8 Å². The minimum Gasteiger partial charge on any atom is -0.484 e. The van der Waals surface area contributed by atoms with Gasteiger partial charge in [0.1, 0.15) is 11.6 Å². The van der Waals surface area contributed by atoms with Crippen LogP contribution >= 0.6 is 11.6 Å². The van der Waals surface area contributed by atoms with E-state index in [9.17, 15) is 14.0 Å². The van der Waals surface area contributed by atoms with Crippen LogP contribution in [-0.4, -0.2) is 29.6 Å². The quantitative estimate of drug-likeness (QED) is 0.868. The summed E-state index contributed by atoms with van der Waals surface area (Å²) in [6.45, 7) is -0.213. The fourth-order valence-electron chi connectivity index (χ4n) is 3.31. The van der Waals surface area contributed by atoms with Crippen molar-refractivity contribution < 1.29 is 23.8 Å². The molecule has 0 radical (unpaired) electrons. The fraction of sp³-hybridized carbons (Fsp3) is 0.467. The number of carbonyl (C=O) groups excluding carboxylic acids is 1. The smallest absolute Gasteiger partial charge is 0.307 e. The molecule has 0 saturated heterocycles. The molecule has 5 nitrogen and oxygen atoms in total. The van der Waals surface area contributed by atoms with Gasteiger partial charge in [-0.1, -0.05) is 11.6 Å². The van der Waals surface area contributed by atoms with Crippen LogP contribution in [0.2, 0.25) is 5.02 Å². The molecule has 2 unspecified atom stereocenters. The molecule has 1 amide bonds. The van der Waals surface area contributed by atoms with Crippen LogP contribution in [0.5, 0.6) is 5.75 Å². The Bertz CT molecular complexity index is 612. The van der Waals surface area contributed by atoms with Crippen LogP contribution in [0.4, 0.5) is 4.39 Å². The van der Waals surface area contributed by atoms with E-state index in [-0.39, 0.29) is 47.1 Å². The molecule has 7 heteroatoms. The maximum Gasteiger partial charge on any atom is 0.307 e. The molecule has 118 valence electrons. The van der Waals surface area contributed by atoms with E-state index in [2.05, 4.69) is 5.32 Å². The summed E-state index contributed by atoms with van der Waals surface area (Å²) in [5, 5.41) is 11.7. The van der Waals surface area contributed by atoms with Crippen molar-refractivity contribution in [3.05, 3.63) is 29.0 Å². The Hall–Kier alpha value is -1.82. The number of rotatable bonds is 5. The number of ether oxygens (including phenoxy) is 1. The summed E-state index contributed by atoms with van der Waals surface area (Å²) in [6, 6.07) is 3.98. The molecule has 2 fully saturated rings. The third-order valence-corrected chi connectivity index (χ3v) is 4.66. The van der Waals surface area contributed by atoms with Gasteiger partial charge in [-0.15, -0.1) is 0 Å². The normalized spacial score (nSPS) is 28.8. The number of fused-ring (bicyclic) bond motifs is 1. The lowest BCUT2D eigenvalue weighted by Gasteiger charge is -2.15. The summed E-state index contributed by atoms with van der Waals surface area (Å²) in [6.07, 6.45) is 1.39.